The van der Waals surface area contributed by atoms with Gasteiger partial charge < -0.3 is 5.73 Å². The van der Waals surface area contributed by atoms with Gasteiger partial charge in [0.25, 0.3) is 0 Å². The van der Waals surface area contributed by atoms with Crippen LogP contribution in [0.25, 0.3) is 0 Å². The minimum Gasteiger partial charge on any atom is -0.375 e. The number of thiazole rings is 1. The Morgan fingerprint density at radius 1 is 1.21 bits per heavy atom. The van der Waals surface area contributed by atoms with Crippen LogP contribution < -0.4 is 5.73 Å². The molecule has 0 unspecified atom stereocenters. The maximum Gasteiger partial charge on any atom is 0.180 e. The second kappa shape index (κ2) is 6.91. The normalized spacial score (nSPS) is 20.5. The highest BCUT2D eigenvalue weighted by Gasteiger charge is 2.29. The fourth-order valence-electron chi connectivity index (χ4n) is 3.02. The smallest absolute Gasteiger partial charge is 0.180 e. The first-order chi connectivity index (χ1) is 8.81. The van der Waals surface area contributed by atoms with Gasteiger partial charge in [-0.1, -0.05) is 19.3 Å². The van der Waals surface area contributed by atoms with Crippen molar-refractivity contribution in [2.75, 3.05) is 12.3 Å². The average molecular weight is 302 g/mol. The molecule has 2 aliphatic carbocycles. The molecule has 1 aromatic rings. The third-order valence-corrected chi connectivity index (χ3v) is 5.02. The van der Waals surface area contributed by atoms with Crippen LogP contribution in [0.3, 0.4) is 0 Å². The number of aromatic nitrogens is 1. The molecule has 1 aromatic heterocycles. The molecule has 0 saturated heterocycles. The Bertz CT molecular complexity index is 386. The number of rotatable bonds is 5. The van der Waals surface area contributed by atoms with E-state index in [2.05, 4.69) is 9.88 Å². The number of halogens is 1. The van der Waals surface area contributed by atoms with Crippen LogP contribution >= 0.6 is 23.7 Å². The van der Waals surface area contributed by atoms with Crippen molar-refractivity contribution in [3.05, 3.63) is 11.1 Å². The summed E-state index contributed by atoms with van der Waals surface area (Å²) < 4.78 is 0. The second-order valence-electron chi connectivity index (χ2n) is 5.83. The van der Waals surface area contributed by atoms with Gasteiger partial charge in [0, 0.05) is 30.2 Å². The third kappa shape index (κ3) is 4.33. The summed E-state index contributed by atoms with van der Waals surface area (Å²) in [6.45, 7) is 2.36. The van der Waals surface area contributed by atoms with Crippen molar-refractivity contribution < 1.29 is 0 Å². The van der Waals surface area contributed by atoms with Crippen molar-refractivity contribution in [3.8, 4) is 0 Å². The molecule has 3 nitrogen and oxygen atoms in total. The van der Waals surface area contributed by atoms with Crippen LogP contribution in [0.4, 0.5) is 5.13 Å². The molecule has 1 heterocycles. The van der Waals surface area contributed by atoms with E-state index in [-0.39, 0.29) is 12.4 Å². The summed E-state index contributed by atoms with van der Waals surface area (Å²) in [5.74, 6) is 0.970. The predicted octanol–water partition coefficient (Wildman–Crippen LogP) is 3.69. The number of hydrogen-bond acceptors (Lipinski definition) is 4. The maximum atomic E-state index is 5.74. The largest absolute Gasteiger partial charge is 0.375 e. The number of nitrogens with zero attached hydrogens (tertiary/aromatic N) is 2. The van der Waals surface area contributed by atoms with Gasteiger partial charge in [-0.2, -0.15) is 0 Å². The molecule has 0 atom stereocenters. The van der Waals surface area contributed by atoms with Crippen LogP contribution in [-0.2, 0) is 6.54 Å². The van der Waals surface area contributed by atoms with Gasteiger partial charge in [0.2, 0.25) is 0 Å². The van der Waals surface area contributed by atoms with Crippen LogP contribution in [0.1, 0.15) is 49.8 Å². The van der Waals surface area contributed by atoms with Crippen molar-refractivity contribution in [2.24, 2.45) is 5.92 Å². The van der Waals surface area contributed by atoms with E-state index in [1.165, 1.54) is 56.4 Å². The summed E-state index contributed by atoms with van der Waals surface area (Å²) in [6.07, 6.45) is 11.9. The molecule has 0 amide bonds. The monoisotopic (exact) mass is 301 g/mol. The van der Waals surface area contributed by atoms with E-state index in [0.29, 0.717) is 5.13 Å². The van der Waals surface area contributed by atoms with E-state index in [1.54, 1.807) is 11.3 Å². The van der Waals surface area contributed by atoms with E-state index in [0.717, 1.165) is 18.5 Å². The zero-order valence-corrected chi connectivity index (χ0v) is 13.0. The molecule has 2 N–H and O–H groups in total. The van der Waals surface area contributed by atoms with Gasteiger partial charge in [-0.3, -0.25) is 4.90 Å². The summed E-state index contributed by atoms with van der Waals surface area (Å²) in [4.78, 5) is 8.22. The predicted molar refractivity (Wildman–Crippen MR) is 83.8 cm³/mol. The standard InChI is InChI=1S/C14H23N3S.ClH/c15-14-16-8-13(18-14)10-17(9-11-6-7-11)12-4-2-1-3-5-12;/h8,11-12H,1-7,9-10H2,(H2,15,16);1H. The summed E-state index contributed by atoms with van der Waals surface area (Å²) in [5, 5.41) is 0.708. The average Bonchev–Trinajstić information content (AvgIpc) is 3.12. The molecule has 3 rings (SSSR count). The summed E-state index contributed by atoms with van der Waals surface area (Å²) >= 11 is 1.65. The molecule has 0 spiro atoms. The van der Waals surface area contributed by atoms with Crippen LogP contribution in [0.15, 0.2) is 6.20 Å². The van der Waals surface area contributed by atoms with Gasteiger partial charge >= 0.3 is 0 Å². The third-order valence-electron chi connectivity index (χ3n) is 4.21. The van der Waals surface area contributed by atoms with Crippen LogP contribution in [0, 0.1) is 5.92 Å². The fourth-order valence-corrected chi connectivity index (χ4v) is 3.73. The Morgan fingerprint density at radius 3 is 2.53 bits per heavy atom. The van der Waals surface area contributed by atoms with Crippen LogP contribution in [-0.4, -0.2) is 22.5 Å². The van der Waals surface area contributed by atoms with Crippen LogP contribution in [0.2, 0.25) is 0 Å². The van der Waals surface area contributed by atoms with Gasteiger partial charge in [-0.25, -0.2) is 4.98 Å². The summed E-state index contributed by atoms with van der Waals surface area (Å²) in [7, 11) is 0. The molecule has 2 saturated carbocycles. The topological polar surface area (TPSA) is 42.1 Å². The number of nitrogens with two attached hydrogens (primary N) is 1. The first kappa shape index (κ1) is 15.1. The molecule has 19 heavy (non-hydrogen) atoms. The van der Waals surface area contributed by atoms with E-state index in [4.69, 9.17) is 5.73 Å². The zero-order valence-electron chi connectivity index (χ0n) is 11.4. The lowest BCUT2D eigenvalue weighted by molar-refractivity contribution is 0.143. The summed E-state index contributed by atoms with van der Waals surface area (Å²) in [5.41, 5.74) is 5.74. The Kier molecular flexibility index (Phi) is 5.48. The van der Waals surface area contributed by atoms with Crippen LogP contribution in [0.5, 0.6) is 0 Å². The van der Waals surface area contributed by atoms with Gasteiger partial charge in [0.05, 0.1) is 0 Å². The van der Waals surface area contributed by atoms with Gasteiger partial charge in [-0.15, -0.1) is 23.7 Å². The lowest BCUT2D eigenvalue weighted by Gasteiger charge is -2.34. The van der Waals surface area contributed by atoms with E-state index >= 15 is 0 Å². The molecule has 0 aromatic carbocycles. The molecular formula is C14H24ClN3S. The van der Waals surface area contributed by atoms with Gasteiger partial charge in [-0.05, 0) is 31.6 Å². The molecule has 0 radical (unpaired) electrons. The molecule has 0 bridgehead atoms. The second-order valence-corrected chi connectivity index (χ2v) is 6.98. The molecular weight excluding hydrogens is 278 g/mol. The lowest BCUT2D eigenvalue weighted by atomic mass is 9.94. The molecule has 2 aliphatic rings. The maximum absolute atomic E-state index is 5.74. The minimum absolute atomic E-state index is 0. The Balaban J connectivity index is 0.00000133. The first-order valence-corrected chi connectivity index (χ1v) is 8.07. The minimum atomic E-state index is 0. The highest BCUT2D eigenvalue weighted by atomic mass is 35.5. The number of nitrogen functional groups attached to an aromatic ring is 1. The summed E-state index contributed by atoms with van der Waals surface area (Å²) in [6, 6.07) is 0.808. The zero-order chi connectivity index (χ0) is 12.4. The van der Waals surface area contributed by atoms with E-state index < -0.39 is 0 Å². The molecule has 0 aliphatic heterocycles. The molecule has 2 fully saturated rings. The highest BCUT2D eigenvalue weighted by molar-refractivity contribution is 7.15. The van der Waals surface area contributed by atoms with Gasteiger partial charge in [0.15, 0.2) is 5.13 Å². The van der Waals surface area contributed by atoms with Crippen molar-refractivity contribution in [2.45, 2.75) is 57.5 Å². The fraction of sp³-hybridized carbons (Fsp3) is 0.786. The van der Waals surface area contributed by atoms with Crippen molar-refractivity contribution in [3.63, 3.8) is 0 Å². The Morgan fingerprint density at radius 2 is 1.95 bits per heavy atom. The Hall–Kier alpha value is -0.320. The SMILES string of the molecule is Cl.Nc1ncc(CN(CC2CC2)C2CCCCC2)s1. The first-order valence-electron chi connectivity index (χ1n) is 7.25. The van der Waals surface area contributed by atoms with Gasteiger partial charge in [0.1, 0.15) is 0 Å². The number of hydrogen-bond donors (Lipinski definition) is 1. The quantitative estimate of drug-likeness (QED) is 0.902. The van der Waals surface area contributed by atoms with Crippen molar-refractivity contribution >= 4 is 28.9 Å². The van der Waals surface area contributed by atoms with E-state index in [9.17, 15) is 0 Å². The lowest BCUT2D eigenvalue weighted by Crippen LogP contribution is -2.37. The van der Waals surface area contributed by atoms with E-state index in [1.807, 2.05) is 6.20 Å². The van der Waals surface area contributed by atoms with Crippen molar-refractivity contribution in [1.29, 1.82) is 0 Å². The molecule has 108 valence electrons. The highest BCUT2D eigenvalue weighted by Crippen LogP contribution is 2.33. The van der Waals surface area contributed by atoms with Crippen molar-refractivity contribution in [1.82, 2.24) is 9.88 Å². The Labute approximate surface area is 126 Å². The molecule has 5 heteroatoms. The number of anilines is 1.